The fourth-order valence-electron chi connectivity index (χ4n) is 3.97. The highest BCUT2D eigenvalue weighted by molar-refractivity contribution is 6.34. The summed E-state index contributed by atoms with van der Waals surface area (Å²) in [6.07, 6.45) is 2.38. The van der Waals surface area contributed by atoms with Gasteiger partial charge in [-0.3, -0.25) is 9.59 Å². The van der Waals surface area contributed by atoms with E-state index in [0.717, 1.165) is 30.0 Å². The van der Waals surface area contributed by atoms with Crippen molar-refractivity contribution < 1.29 is 9.59 Å². The van der Waals surface area contributed by atoms with Crippen molar-refractivity contribution in [1.82, 2.24) is 4.90 Å². The number of nitrogens with zero attached hydrogens (tertiary/aromatic N) is 3. The second kappa shape index (κ2) is 7.84. The zero-order valence-electron chi connectivity index (χ0n) is 16.0. The summed E-state index contributed by atoms with van der Waals surface area (Å²) >= 11 is 6.46. The molecule has 5 nitrogen and oxygen atoms in total. The lowest BCUT2D eigenvalue weighted by atomic mass is 10.1. The monoisotopic (exact) mass is 397 g/mol. The first-order valence-electron chi connectivity index (χ1n) is 9.67. The number of hydrogen-bond acceptors (Lipinski definition) is 4. The summed E-state index contributed by atoms with van der Waals surface area (Å²) in [4.78, 5) is 31.3. The lowest BCUT2D eigenvalue weighted by Crippen LogP contribution is -2.38. The summed E-state index contributed by atoms with van der Waals surface area (Å²) in [5.41, 5.74) is 3.54. The molecule has 28 heavy (non-hydrogen) atoms. The molecule has 0 aromatic heterocycles. The largest absolute Gasteiger partial charge is 0.371 e. The van der Waals surface area contributed by atoms with Crippen LogP contribution in [0.3, 0.4) is 0 Å². The predicted molar refractivity (Wildman–Crippen MR) is 112 cm³/mol. The van der Waals surface area contributed by atoms with E-state index in [1.165, 1.54) is 12.8 Å². The number of fused-ring (bicyclic) bond motifs is 1. The van der Waals surface area contributed by atoms with Crippen molar-refractivity contribution in [2.75, 3.05) is 43.0 Å². The van der Waals surface area contributed by atoms with Gasteiger partial charge in [-0.15, -0.1) is 0 Å². The van der Waals surface area contributed by atoms with Crippen LogP contribution in [0.25, 0.3) is 0 Å². The van der Waals surface area contributed by atoms with Crippen LogP contribution in [0, 0.1) is 0 Å². The van der Waals surface area contributed by atoms with Crippen LogP contribution >= 0.6 is 11.6 Å². The molecule has 2 aliphatic rings. The van der Waals surface area contributed by atoms with Crippen LogP contribution in [0.4, 0.5) is 11.4 Å². The maximum Gasteiger partial charge on any atom is 0.242 e. The molecule has 2 aromatic rings. The van der Waals surface area contributed by atoms with E-state index in [1.807, 2.05) is 47.4 Å². The van der Waals surface area contributed by atoms with E-state index in [4.69, 9.17) is 11.6 Å². The van der Waals surface area contributed by atoms with Crippen LogP contribution in [0.15, 0.2) is 42.5 Å². The van der Waals surface area contributed by atoms with E-state index in [1.54, 1.807) is 11.9 Å². The lowest BCUT2D eigenvalue weighted by molar-refractivity contribution is -0.128. The summed E-state index contributed by atoms with van der Waals surface area (Å²) in [5, 5.41) is 0.473. The number of benzene rings is 2. The number of para-hydroxylation sites is 1. The van der Waals surface area contributed by atoms with E-state index in [0.29, 0.717) is 17.1 Å². The number of Topliss-reactive ketones (excluding diaryl/α,β-unsaturated/α-hetero) is 1. The molecule has 1 amide bonds. The standard InChI is InChI=1S/C22H24ClN3O2/c1-24-13-16-6-2-3-7-20(16)26(15-22(24)28)14-21(27)18-9-8-17(12-19(18)23)25-10-4-5-11-25/h2-3,6-9,12H,4-5,10-11,13-15H2,1H3. The molecule has 0 N–H and O–H groups in total. The van der Waals surface area contributed by atoms with Crippen LogP contribution < -0.4 is 9.80 Å². The van der Waals surface area contributed by atoms with Crippen LogP contribution in [0.5, 0.6) is 0 Å². The van der Waals surface area contributed by atoms with Crippen molar-refractivity contribution in [3.63, 3.8) is 0 Å². The minimum Gasteiger partial charge on any atom is -0.371 e. The van der Waals surface area contributed by atoms with E-state index >= 15 is 0 Å². The van der Waals surface area contributed by atoms with Crippen LogP contribution in [-0.4, -0.2) is 49.8 Å². The highest BCUT2D eigenvalue weighted by Crippen LogP contribution is 2.29. The van der Waals surface area contributed by atoms with Gasteiger partial charge in [0, 0.05) is 43.6 Å². The topological polar surface area (TPSA) is 43.9 Å². The molecule has 6 heteroatoms. The predicted octanol–water partition coefficient (Wildman–Crippen LogP) is 3.60. The third-order valence-electron chi connectivity index (χ3n) is 5.55. The molecule has 0 saturated carbocycles. The van der Waals surface area contributed by atoms with Gasteiger partial charge in [-0.2, -0.15) is 0 Å². The summed E-state index contributed by atoms with van der Waals surface area (Å²) < 4.78 is 0. The van der Waals surface area contributed by atoms with Gasteiger partial charge in [0.25, 0.3) is 0 Å². The highest BCUT2D eigenvalue weighted by atomic mass is 35.5. The molecular formula is C22H24ClN3O2. The first-order chi connectivity index (χ1) is 13.5. The summed E-state index contributed by atoms with van der Waals surface area (Å²) in [5.74, 6) is -0.0791. The Hall–Kier alpha value is -2.53. The molecular weight excluding hydrogens is 374 g/mol. The van der Waals surface area contributed by atoms with Crippen molar-refractivity contribution >= 4 is 34.7 Å². The average molecular weight is 398 g/mol. The highest BCUT2D eigenvalue weighted by Gasteiger charge is 2.25. The molecule has 0 bridgehead atoms. The number of amides is 1. The van der Waals surface area contributed by atoms with Gasteiger partial charge in [0.15, 0.2) is 5.78 Å². The molecule has 0 spiro atoms. The van der Waals surface area contributed by atoms with Gasteiger partial charge in [0.05, 0.1) is 18.1 Å². The van der Waals surface area contributed by atoms with Crippen molar-refractivity contribution in [1.29, 1.82) is 0 Å². The molecule has 2 heterocycles. The minimum atomic E-state index is -0.0786. The van der Waals surface area contributed by atoms with Crippen LogP contribution in [0.2, 0.25) is 5.02 Å². The zero-order chi connectivity index (χ0) is 19.7. The van der Waals surface area contributed by atoms with Crippen LogP contribution in [-0.2, 0) is 11.3 Å². The van der Waals surface area contributed by atoms with Gasteiger partial charge in [0.1, 0.15) is 0 Å². The molecule has 0 radical (unpaired) electrons. The fraction of sp³-hybridized carbons (Fsp3) is 0.364. The SMILES string of the molecule is CN1Cc2ccccc2N(CC(=O)c2ccc(N3CCCC3)cc2Cl)CC1=O. The average Bonchev–Trinajstić information content (AvgIpc) is 3.18. The normalized spacial score (nSPS) is 16.9. The molecule has 0 aliphatic carbocycles. The number of anilines is 2. The van der Waals surface area contributed by atoms with Crippen molar-refractivity contribution in [3.05, 3.63) is 58.6 Å². The van der Waals surface area contributed by atoms with E-state index < -0.39 is 0 Å². The van der Waals surface area contributed by atoms with Gasteiger partial charge in [-0.25, -0.2) is 0 Å². The summed E-state index contributed by atoms with van der Waals surface area (Å²) in [6, 6.07) is 13.5. The number of halogens is 1. The maximum atomic E-state index is 13.0. The Kier molecular flexibility index (Phi) is 5.27. The van der Waals surface area contributed by atoms with Gasteiger partial charge in [-0.1, -0.05) is 29.8 Å². The lowest BCUT2D eigenvalue weighted by Gasteiger charge is -2.23. The number of carbonyl (C=O) groups is 2. The van der Waals surface area contributed by atoms with Crippen LogP contribution in [0.1, 0.15) is 28.8 Å². The van der Waals surface area contributed by atoms with Crippen molar-refractivity contribution in [2.45, 2.75) is 19.4 Å². The Morgan fingerprint density at radius 3 is 2.57 bits per heavy atom. The molecule has 0 unspecified atom stereocenters. The Labute approximate surface area is 170 Å². The molecule has 2 aliphatic heterocycles. The minimum absolute atomic E-state index is 0.000483. The third kappa shape index (κ3) is 3.72. The van der Waals surface area contributed by atoms with Gasteiger partial charge < -0.3 is 14.7 Å². The first-order valence-corrected chi connectivity index (χ1v) is 10.1. The Balaban J connectivity index is 1.57. The molecule has 4 rings (SSSR count). The fourth-order valence-corrected chi connectivity index (χ4v) is 4.25. The quantitative estimate of drug-likeness (QED) is 0.739. The smallest absolute Gasteiger partial charge is 0.242 e. The number of carbonyl (C=O) groups excluding carboxylic acids is 2. The van der Waals surface area contributed by atoms with Crippen molar-refractivity contribution in [3.8, 4) is 0 Å². The number of hydrogen-bond donors (Lipinski definition) is 0. The molecule has 1 saturated heterocycles. The number of likely N-dealkylation sites (N-methyl/N-ethyl adjacent to an activating group) is 1. The Bertz CT molecular complexity index is 908. The third-order valence-corrected chi connectivity index (χ3v) is 5.86. The number of ketones is 1. The van der Waals surface area contributed by atoms with E-state index in [2.05, 4.69) is 4.90 Å². The van der Waals surface area contributed by atoms with E-state index in [-0.39, 0.29) is 24.8 Å². The van der Waals surface area contributed by atoms with Crippen molar-refractivity contribution in [2.24, 2.45) is 0 Å². The Morgan fingerprint density at radius 2 is 1.82 bits per heavy atom. The second-order valence-electron chi connectivity index (χ2n) is 7.52. The summed E-state index contributed by atoms with van der Waals surface area (Å²) in [6.45, 7) is 2.92. The summed E-state index contributed by atoms with van der Waals surface area (Å²) in [7, 11) is 1.79. The zero-order valence-corrected chi connectivity index (χ0v) is 16.8. The molecule has 146 valence electrons. The van der Waals surface area contributed by atoms with E-state index in [9.17, 15) is 9.59 Å². The first kappa shape index (κ1) is 18.8. The van der Waals surface area contributed by atoms with Gasteiger partial charge >= 0.3 is 0 Å². The Morgan fingerprint density at radius 1 is 1.07 bits per heavy atom. The molecule has 0 atom stereocenters. The second-order valence-corrected chi connectivity index (χ2v) is 7.92. The van der Waals surface area contributed by atoms with Gasteiger partial charge in [-0.05, 0) is 42.7 Å². The maximum absolute atomic E-state index is 13.0. The number of rotatable bonds is 4. The molecule has 1 fully saturated rings. The van der Waals surface area contributed by atoms with Gasteiger partial charge in [0.2, 0.25) is 5.91 Å². The molecule has 2 aromatic carbocycles.